The van der Waals surface area contributed by atoms with Crippen molar-refractivity contribution in [3.05, 3.63) is 36.4 Å². The van der Waals surface area contributed by atoms with E-state index in [2.05, 4.69) is 4.98 Å². The lowest BCUT2D eigenvalue weighted by molar-refractivity contribution is 0.156. The molecule has 0 aliphatic carbocycles. The number of hydrogen-bond donors (Lipinski definition) is 1. The van der Waals surface area contributed by atoms with Crippen molar-refractivity contribution in [2.75, 3.05) is 26.6 Å². The summed E-state index contributed by atoms with van der Waals surface area (Å²) in [5.41, 5.74) is 8.06. The Labute approximate surface area is 155 Å². The Hall–Kier alpha value is -3.48. The molecular formula is C20H19N3O4. The fourth-order valence-electron chi connectivity index (χ4n) is 3.43. The molecule has 27 heavy (non-hydrogen) atoms. The van der Waals surface area contributed by atoms with Crippen LogP contribution in [0.5, 0.6) is 11.5 Å². The average Bonchev–Trinajstić information content (AvgIpc) is 3.00. The topological polar surface area (TPSA) is 88.6 Å². The first-order valence-corrected chi connectivity index (χ1v) is 8.52. The third kappa shape index (κ3) is 2.43. The van der Waals surface area contributed by atoms with Crippen molar-refractivity contribution in [3.63, 3.8) is 0 Å². The van der Waals surface area contributed by atoms with Crippen LogP contribution < -0.4 is 15.2 Å². The van der Waals surface area contributed by atoms with Gasteiger partial charge in [-0.1, -0.05) is 24.3 Å². The first-order chi connectivity index (χ1) is 13.1. The number of anilines is 1. The van der Waals surface area contributed by atoms with E-state index < -0.39 is 6.09 Å². The fraction of sp³-hybridized carbons (Fsp3) is 0.200. The lowest BCUT2D eigenvalue weighted by Crippen LogP contribution is -2.13. The third-order valence-electron chi connectivity index (χ3n) is 4.59. The second kappa shape index (κ2) is 6.35. The standard InChI is InChI=1S/C20H19N3O4/c1-4-27-20(24)23-14-10-16(26-3)15(25-2)9-13(14)17-18(23)11-7-5-6-8-12(11)19(21)22-17/h5-10H,4H2,1-3H3,(H2,21,22). The molecule has 0 saturated heterocycles. The van der Waals surface area contributed by atoms with Crippen molar-refractivity contribution in [3.8, 4) is 11.5 Å². The Morgan fingerprint density at radius 2 is 1.74 bits per heavy atom. The molecule has 4 aromatic rings. The van der Waals surface area contributed by atoms with Crippen LogP contribution >= 0.6 is 0 Å². The zero-order valence-corrected chi connectivity index (χ0v) is 15.3. The number of pyridine rings is 1. The van der Waals surface area contributed by atoms with Crippen molar-refractivity contribution >= 4 is 44.6 Å². The van der Waals surface area contributed by atoms with Crippen molar-refractivity contribution < 1.29 is 19.0 Å². The number of benzene rings is 2. The predicted octanol–water partition coefficient (Wildman–Crippen LogP) is 3.95. The monoisotopic (exact) mass is 365 g/mol. The number of fused-ring (bicyclic) bond motifs is 5. The number of nitrogens with zero attached hydrogens (tertiary/aromatic N) is 2. The summed E-state index contributed by atoms with van der Waals surface area (Å²) < 4.78 is 17.7. The summed E-state index contributed by atoms with van der Waals surface area (Å²) in [6.07, 6.45) is -0.485. The zero-order chi connectivity index (χ0) is 19.1. The summed E-state index contributed by atoms with van der Waals surface area (Å²) in [7, 11) is 3.11. The summed E-state index contributed by atoms with van der Waals surface area (Å²) in [5.74, 6) is 1.45. The highest BCUT2D eigenvalue weighted by molar-refractivity contribution is 6.21. The van der Waals surface area contributed by atoms with Crippen molar-refractivity contribution in [1.82, 2.24) is 9.55 Å². The minimum absolute atomic E-state index is 0.258. The van der Waals surface area contributed by atoms with Gasteiger partial charge in [0.1, 0.15) is 5.82 Å². The SMILES string of the molecule is CCOC(=O)n1c2cc(OC)c(OC)cc2c2nc(N)c3ccccc3c21. The fourth-order valence-corrected chi connectivity index (χ4v) is 3.43. The van der Waals surface area contributed by atoms with Crippen LogP contribution in [-0.2, 0) is 4.74 Å². The molecule has 4 rings (SSSR count). The number of nitrogen functional groups attached to an aromatic ring is 1. The van der Waals surface area contributed by atoms with Gasteiger partial charge in [0.05, 0.1) is 37.4 Å². The van der Waals surface area contributed by atoms with Gasteiger partial charge in [-0.05, 0) is 13.0 Å². The van der Waals surface area contributed by atoms with E-state index in [1.54, 1.807) is 33.3 Å². The highest BCUT2D eigenvalue weighted by Crippen LogP contribution is 2.40. The summed E-state index contributed by atoms with van der Waals surface area (Å²) in [4.78, 5) is 17.4. The number of nitrogens with two attached hydrogens (primary N) is 1. The Kier molecular flexibility index (Phi) is 3.99. The van der Waals surface area contributed by atoms with E-state index >= 15 is 0 Å². The summed E-state index contributed by atoms with van der Waals surface area (Å²) in [5, 5.41) is 2.33. The maximum absolute atomic E-state index is 12.8. The van der Waals surface area contributed by atoms with E-state index in [9.17, 15) is 4.79 Å². The molecule has 0 aliphatic rings. The molecule has 0 fully saturated rings. The van der Waals surface area contributed by atoms with Crippen LogP contribution in [-0.4, -0.2) is 36.5 Å². The van der Waals surface area contributed by atoms with Crippen LogP contribution in [0.1, 0.15) is 6.92 Å². The van der Waals surface area contributed by atoms with Gasteiger partial charge in [-0.25, -0.2) is 14.3 Å². The molecule has 2 aromatic heterocycles. The van der Waals surface area contributed by atoms with Crippen molar-refractivity contribution in [2.45, 2.75) is 6.92 Å². The lowest BCUT2D eigenvalue weighted by Gasteiger charge is -2.10. The van der Waals surface area contributed by atoms with Gasteiger partial charge >= 0.3 is 6.09 Å². The number of carbonyl (C=O) groups is 1. The smallest absolute Gasteiger partial charge is 0.419 e. The molecule has 0 spiro atoms. The van der Waals surface area contributed by atoms with Crippen LogP contribution in [0.2, 0.25) is 0 Å². The van der Waals surface area contributed by atoms with Gasteiger partial charge in [0, 0.05) is 22.2 Å². The Bertz CT molecular complexity index is 1200. The Morgan fingerprint density at radius 1 is 1.07 bits per heavy atom. The number of aromatic nitrogens is 2. The highest BCUT2D eigenvalue weighted by atomic mass is 16.5. The van der Waals surface area contributed by atoms with Gasteiger partial charge in [-0.15, -0.1) is 0 Å². The maximum atomic E-state index is 12.8. The molecule has 7 nitrogen and oxygen atoms in total. The van der Waals surface area contributed by atoms with Crippen LogP contribution in [0.15, 0.2) is 36.4 Å². The first kappa shape index (κ1) is 17.0. The van der Waals surface area contributed by atoms with E-state index in [1.807, 2.05) is 24.3 Å². The number of ether oxygens (including phenoxy) is 3. The van der Waals surface area contributed by atoms with E-state index in [0.717, 1.165) is 16.2 Å². The molecule has 2 aromatic carbocycles. The average molecular weight is 365 g/mol. The van der Waals surface area contributed by atoms with Gasteiger partial charge in [0.2, 0.25) is 0 Å². The summed E-state index contributed by atoms with van der Waals surface area (Å²) in [6.45, 7) is 2.03. The normalized spacial score (nSPS) is 11.2. The number of rotatable bonds is 3. The minimum atomic E-state index is -0.485. The van der Waals surface area contributed by atoms with Crippen molar-refractivity contribution in [2.24, 2.45) is 0 Å². The van der Waals surface area contributed by atoms with Crippen LogP contribution in [0.25, 0.3) is 32.7 Å². The largest absolute Gasteiger partial charge is 0.493 e. The second-order valence-electron chi connectivity index (χ2n) is 6.00. The van der Waals surface area contributed by atoms with Gasteiger partial charge in [-0.3, -0.25) is 0 Å². The summed E-state index contributed by atoms with van der Waals surface area (Å²) in [6, 6.07) is 11.1. The second-order valence-corrected chi connectivity index (χ2v) is 6.00. The molecule has 2 N–H and O–H groups in total. The Morgan fingerprint density at radius 3 is 2.41 bits per heavy atom. The van der Waals surface area contributed by atoms with Gasteiger partial charge in [0.15, 0.2) is 11.5 Å². The van der Waals surface area contributed by atoms with Gasteiger partial charge in [-0.2, -0.15) is 0 Å². The molecule has 0 radical (unpaired) electrons. The lowest BCUT2D eigenvalue weighted by atomic mass is 10.1. The van der Waals surface area contributed by atoms with E-state index in [0.29, 0.717) is 33.9 Å². The Balaban J connectivity index is 2.26. The van der Waals surface area contributed by atoms with E-state index in [-0.39, 0.29) is 6.61 Å². The first-order valence-electron chi connectivity index (χ1n) is 8.52. The molecule has 0 amide bonds. The predicted molar refractivity (Wildman–Crippen MR) is 105 cm³/mol. The number of hydrogen-bond acceptors (Lipinski definition) is 6. The van der Waals surface area contributed by atoms with Gasteiger partial charge in [0.25, 0.3) is 0 Å². The highest BCUT2D eigenvalue weighted by Gasteiger charge is 2.23. The molecule has 7 heteroatoms. The van der Waals surface area contributed by atoms with Crippen LogP contribution in [0.3, 0.4) is 0 Å². The zero-order valence-electron chi connectivity index (χ0n) is 15.3. The van der Waals surface area contributed by atoms with E-state index in [4.69, 9.17) is 19.9 Å². The molecule has 0 saturated carbocycles. The maximum Gasteiger partial charge on any atom is 0.419 e. The molecule has 0 aliphatic heterocycles. The number of carbonyl (C=O) groups excluding carboxylic acids is 1. The summed E-state index contributed by atoms with van der Waals surface area (Å²) >= 11 is 0. The molecule has 138 valence electrons. The van der Waals surface area contributed by atoms with Crippen LogP contribution in [0, 0.1) is 0 Å². The number of methoxy groups -OCH3 is 2. The molecule has 2 heterocycles. The molecular weight excluding hydrogens is 346 g/mol. The van der Waals surface area contributed by atoms with E-state index in [1.165, 1.54) is 4.57 Å². The minimum Gasteiger partial charge on any atom is -0.493 e. The third-order valence-corrected chi connectivity index (χ3v) is 4.59. The molecule has 0 unspecified atom stereocenters. The van der Waals surface area contributed by atoms with Crippen molar-refractivity contribution in [1.29, 1.82) is 0 Å². The van der Waals surface area contributed by atoms with Crippen LogP contribution in [0.4, 0.5) is 10.6 Å². The molecule has 0 atom stereocenters. The van der Waals surface area contributed by atoms with Gasteiger partial charge < -0.3 is 19.9 Å². The quantitative estimate of drug-likeness (QED) is 0.591. The molecule has 0 bridgehead atoms.